The van der Waals surface area contributed by atoms with E-state index in [0.717, 1.165) is 5.30 Å². The van der Waals surface area contributed by atoms with Crippen molar-refractivity contribution in [3.8, 4) is 0 Å². The zero-order valence-corrected chi connectivity index (χ0v) is 9.63. The lowest BCUT2D eigenvalue weighted by Crippen LogP contribution is -2.15. The molecule has 0 spiro atoms. The Kier molecular flexibility index (Phi) is 3.36. The van der Waals surface area contributed by atoms with E-state index in [1.165, 1.54) is 0 Å². The molecule has 1 rings (SSSR count). The molecule has 12 heavy (non-hydrogen) atoms. The summed E-state index contributed by atoms with van der Waals surface area (Å²) >= 11 is 10.8. The molecule has 0 aromatic heterocycles. The molecule has 0 fully saturated rings. The SMILES string of the molecule is CN(C)P(=S)([S-])c1ccccc1. The van der Waals surface area contributed by atoms with Gasteiger partial charge in [-0.05, 0) is 19.4 Å². The van der Waals surface area contributed by atoms with Gasteiger partial charge in [0.15, 0.2) is 0 Å². The van der Waals surface area contributed by atoms with Crippen LogP contribution in [0.3, 0.4) is 0 Å². The maximum absolute atomic E-state index is 5.39. The molecule has 0 N–H and O–H groups in total. The van der Waals surface area contributed by atoms with Crippen molar-refractivity contribution in [3.63, 3.8) is 0 Å². The number of benzene rings is 1. The first-order chi connectivity index (χ1) is 5.55. The average Bonchev–Trinajstić information content (AvgIpc) is 2.06. The molecule has 1 unspecified atom stereocenters. The van der Waals surface area contributed by atoms with Crippen LogP contribution in [0.5, 0.6) is 0 Å². The van der Waals surface area contributed by atoms with Gasteiger partial charge in [0.2, 0.25) is 0 Å². The lowest BCUT2D eigenvalue weighted by Gasteiger charge is -2.36. The molecule has 0 heterocycles. The van der Waals surface area contributed by atoms with Crippen molar-refractivity contribution >= 4 is 34.8 Å². The van der Waals surface area contributed by atoms with Gasteiger partial charge in [-0.15, -0.1) is 11.8 Å². The maximum Gasteiger partial charge on any atom is -0.0105 e. The highest BCUT2D eigenvalue weighted by Gasteiger charge is 2.05. The summed E-state index contributed by atoms with van der Waals surface area (Å²) in [5, 5.41) is -0.770. The number of hydrogen-bond donors (Lipinski definition) is 0. The largest absolute Gasteiger partial charge is 0.727 e. The van der Waals surface area contributed by atoms with E-state index in [0.29, 0.717) is 0 Å². The van der Waals surface area contributed by atoms with Crippen molar-refractivity contribution in [2.75, 3.05) is 14.1 Å². The highest BCUT2D eigenvalue weighted by Crippen LogP contribution is 2.43. The molecule has 0 amide bonds. The van der Waals surface area contributed by atoms with E-state index in [2.05, 4.69) is 0 Å². The molecule has 1 nitrogen and oxygen atoms in total. The third kappa shape index (κ3) is 2.11. The zero-order valence-electron chi connectivity index (χ0n) is 7.10. The number of rotatable bonds is 2. The van der Waals surface area contributed by atoms with Crippen molar-refractivity contribution in [1.82, 2.24) is 4.67 Å². The summed E-state index contributed by atoms with van der Waals surface area (Å²) < 4.78 is 1.97. The number of hydrogen-bond acceptors (Lipinski definition) is 2. The first-order valence-electron chi connectivity index (χ1n) is 3.59. The van der Waals surface area contributed by atoms with Gasteiger partial charge in [0.05, 0.1) is 0 Å². The maximum atomic E-state index is 5.39. The Labute approximate surface area is 84.0 Å². The minimum absolute atomic E-state index is 1.10. The summed E-state index contributed by atoms with van der Waals surface area (Å²) in [5.74, 6) is 0. The van der Waals surface area contributed by atoms with Crippen molar-refractivity contribution in [3.05, 3.63) is 30.3 Å². The highest BCUT2D eigenvalue weighted by molar-refractivity contribution is 8.56. The zero-order chi connectivity index (χ0) is 9.19. The molecule has 66 valence electrons. The summed E-state index contributed by atoms with van der Waals surface area (Å²) in [7, 11) is 3.89. The fourth-order valence-electron chi connectivity index (χ4n) is 0.847. The van der Waals surface area contributed by atoms with Gasteiger partial charge in [-0.2, -0.15) is 0 Å². The second-order valence-corrected chi connectivity index (χ2v) is 8.92. The van der Waals surface area contributed by atoms with E-state index in [1.54, 1.807) is 0 Å². The van der Waals surface area contributed by atoms with Crippen molar-refractivity contribution in [2.24, 2.45) is 0 Å². The molecule has 0 saturated heterocycles. The molecular formula is C8H11NPS2-. The molecule has 1 aromatic rings. The van der Waals surface area contributed by atoms with E-state index in [1.807, 2.05) is 49.1 Å². The Morgan fingerprint density at radius 3 is 2.17 bits per heavy atom. The molecule has 0 aliphatic heterocycles. The monoisotopic (exact) mass is 216 g/mol. The number of nitrogens with zero attached hydrogens (tertiary/aromatic N) is 1. The van der Waals surface area contributed by atoms with Crippen molar-refractivity contribution in [1.29, 1.82) is 0 Å². The van der Waals surface area contributed by atoms with Crippen molar-refractivity contribution in [2.45, 2.75) is 0 Å². The van der Waals surface area contributed by atoms with Crippen LogP contribution in [0, 0.1) is 0 Å². The molecule has 0 saturated carbocycles. The van der Waals surface area contributed by atoms with Crippen LogP contribution in [0.1, 0.15) is 0 Å². The Morgan fingerprint density at radius 1 is 1.25 bits per heavy atom. The molecule has 0 aliphatic rings. The van der Waals surface area contributed by atoms with Crippen molar-refractivity contribution < 1.29 is 0 Å². The van der Waals surface area contributed by atoms with Crippen LogP contribution >= 0.6 is 5.39 Å². The third-order valence-corrected chi connectivity index (χ3v) is 6.84. The van der Waals surface area contributed by atoms with Crippen LogP contribution in [0.25, 0.3) is 0 Å². The van der Waals surface area contributed by atoms with E-state index in [4.69, 9.17) is 24.1 Å². The van der Waals surface area contributed by atoms with Crippen LogP contribution in [-0.4, -0.2) is 18.8 Å². The lowest BCUT2D eigenvalue weighted by atomic mass is 10.4. The van der Waals surface area contributed by atoms with Gasteiger partial charge in [-0.25, -0.2) is 0 Å². The summed E-state index contributed by atoms with van der Waals surface area (Å²) in [6, 6.07) is 9.95. The minimum atomic E-state index is -1.87. The Morgan fingerprint density at radius 2 is 1.75 bits per heavy atom. The second-order valence-electron chi connectivity index (χ2n) is 2.70. The molecule has 0 aliphatic carbocycles. The molecular weight excluding hydrogens is 205 g/mol. The average molecular weight is 216 g/mol. The van der Waals surface area contributed by atoms with E-state index < -0.39 is 5.39 Å². The predicted molar refractivity (Wildman–Crippen MR) is 61.4 cm³/mol. The predicted octanol–water partition coefficient (Wildman–Crippen LogP) is 1.73. The van der Waals surface area contributed by atoms with Gasteiger partial charge in [0.25, 0.3) is 0 Å². The molecule has 0 radical (unpaired) electrons. The smallest absolute Gasteiger partial charge is 0.0105 e. The van der Waals surface area contributed by atoms with Gasteiger partial charge >= 0.3 is 0 Å². The molecule has 1 aromatic carbocycles. The van der Waals surface area contributed by atoms with E-state index in [-0.39, 0.29) is 0 Å². The Hall–Kier alpha value is 0.180. The fraction of sp³-hybridized carbons (Fsp3) is 0.250. The van der Waals surface area contributed by atoms with Gasteiger partial charge in [0.1, 0.15) is 0 Å². The van der Waals surface area contributed by atoms with Crippen LogP contribution in [-0.2, 0) is 24.1 Å². The van der Waals surface area contributed by atoms with E-state index in [9.17, 15) is 0 Å². The highest BCUT2D eigenvalue weighted by atomic mass is 32.9. The first kappa shape index (κ1) is 10.3. The summed E-state index contributed by atoms with van der Waals surface area (Å²) in [6.07, 6.45) is 0. The standard InChI is InChI=1S/C8H12NPS2/c1-9(2)10(11,12)8-6-4-3-5-7-8/h3-7H,1-2H3,(H,11,12)/p-1. The van der Waals surface area contributed by atoms with Gasteiger partial charge in [-0.3, -0.25) is 4.67 Å². The van der Waals surface area contributed by atoms with Gasteiger partial charge in [-0.1, -0.05) is 35.7 Å². The first-order valence-corrected chi connectivity index (χ1v) is 7.36. The normalized spacial score (nSPS) is 16.0. The summed E-state index contributed by atoms with van der Waals surface area (Å²) in [5.41, 5.74) is 0. The molecule has 1 atom stereocenters. The lowest BCUT2D eigenvalue weighted by molar-refractivity contribution is 0.692. The van der Waals surface area contributed by atoms with Gasteiger partial charge < -0.3 is 12.2 Å². The van der Waals surface area contributed by atoms with Crippen LogP contribution in [0.15, 0.2) is 30.3 Å². The van der Waals surface area contributed by atoms with Gasteiger partial charge in [0, 0.05) is 0 Å². The molecule has 4 heteroatoms. The summed E-state index contributed by atoms with van der Waals surface area (Å²) in [6.45, 7) is 0. The minimum Gasteiger partial charge on any atom is -0.727 e. The molecule has 0 bridgehead atoms. The van der Waals surface area contributed by atoms with Crippen LogP contribution < -0.4 is 5.30 Å². The van der Waals surface area contributed by atoms with E-state index >= 15 is 0 Å². The Balaban J connectivity index is 3.07. The quantitative estimate of drug-likeness (QED) is 0.547. The fourth-order valence-corrected chi connectivity index (χ4v) is 2.59. The van der Waals surface area contributed by atoms with Crippen LogP contribution in [0.4, 0.5) is 0 Å². The third-order valence-electron chi connectivity index (χ3n) is 1.61. The topological polar surface area (TPSA) is 3.24 Å². The van der Waals surface area contributed by atoms with Crippen LogP contribution in [0.2, 0.25) is 0 Å². The second kappa shape index (κ2) is 3.93. The Bertz CT molecular complexity index is 297. The summed E-state index contributed by atoms with van der Waals surface area (Å²) in [4.78, 5) is 0.